The number of aryl methyl sites for hydroxylation is 1. The zero-order valence-corrected chi connectivity index (χ0v) is 24.6. The van der Waals surface area contributed by atoms with Crippen molar-refractivity contribution in [1.29, 1.82) is 0 Å². The Bertz CT molecular complexity index is 1690. The molecule has 13 heteroatoms. The van der Waals surface area contributed by atoms with E-state index in [1.807, 2.05) is 13.8 Å². The number of carbonyl (C=O) groups excluding carboxylic acids is 4. The third-order valence-electron chi connectivity index (χ3n) is 7.18. The third kappa shape index (κ3) is 6.83. The Kier molecular flexibility index (Phi) is 10.2. The average Bonchev–Trinajstić information content (AvgIpc) is 3.36. The normalized spacial score (nSPS) is 12.2. The first-order valence-corrected chi connectivity index (χ1v) is 14.2. The highest BCUT2D eigenvalue weighted by atomic mass is 16.5. The van der Waals surface area contributed by atoms with Crippen molar-refractivity contribution >= 4 is 41.0 Å². The molecular formula is C31H33N3O10. The Hall–Kier alpha value is -4.91. The van der Waals surface area contributed by atoms with Crippen LogP contribution in [0, 0.1) is 0 Å². The minimum Gasteiger partial charge on any atom is -0.480 e. The Morgan fingerprint density at radius 2 is 1.86 bits per heavy atom. The number of ether oxygens (including phenoxy) is 3. The molecule has 44 heavy (non-hydrogen) atoms. The first-order valence-electron chi connectivity index (χ1n) is 14.2. The number of amides is 1. The zero-order chi connectivity index (χ0) is 32.0. The van der Waals surface area contributed by atoms with Crippen LogP contribution in [0.25, 0.3) is 22.3 Å². The number of nitrogens with one attached hydrogen (secondary N) is 1. The average molecular weight is 608 g/mol. The Balaban J connectivity index is 1.68. The maximum Gasteiger partial charge on any atom is 0.322 e. The number of methoxy groups -OCH3 is 1. The number of nitrogens with zero attached hydrogens (tertiary/aromatic N) is 2. The second-order valence-electron chi connectivity index (χ2n) is 10.2. The van der Waals surface area contributed by atoms with Gasteiger partial charge < -0.3 is 29.2 Å². The summed E-state index contributed by atoms with van der Waals surface area (Å²) in [5.74, 6) is -2.75. The zero-order valence-electron chi connectivity index (χ0n) is 24.6. The molecule has 0 bridgehead atoms. The van der Waals surface area contributed by atoms with E-state index in [1.54, 1.807) is 28.8 Å². The van der Waals surface area contributed by atoms with E-state index in [0.29, 0.717) is 41.4 Å². The fraction of sp³-hybridized carbons (Fsp3) is 0.387. The van der Waals surface area contributed by atoms with E-state index < -0.39 is 36.5 Å². The third-order valence-corrected chi connectivity index (χ3v) is 7.18. The number of aromatic nitrogens is 2. The second kappa shape index (κ2) is 14.0. The highest BCUT2D eigenvalue weighted by Gasteiger charge is 2.31. The molecule has 1 aliphatic rings. The molecule has 1 amide bonds. The van der Waals surface area contributed by atoms with Crippen LogP contribution in [0.1, 0.15) is 67.9 Å². The van der Waals surface area contributed by atoms with Gasteiger partial charge in [0.2, 0.25) is 5.91 Å². The van der Waals surface area contributed by atoms with Crippen LogP contribution in [0.5, 0.6) is 5.75 Å². The summed E-state index contributed by atoms with van der Waals surface area (Å²) in [6, 6.07) is 6.57. The molecule has 0 radical (unpaired) electrons. The topological polar surface area (TPSA) is 180 Å². The van der Waals surface area contributed by atoms with Crippen LogP contribution in [0.3, 0.4) is 0 Å². The number of carboxylic acids is 1. The number of hydrogen-bond acceptors (Lipinski definition) is 10. The first kappa shape index (κ1) is 32.0. The van der Waals surface area contributed by atoms with Crippen LogP contribution in [0.2, 0.25) is 0 Å². The van der Waals surface area contributed by atoms with Crippen molar-refractivity contribution < 1.29 is 43.3 Å². The molecule has 1 aromatic carbocycles. The van der Waals surface area contributed by atoms with Gasteiger partial charge in [-0.05, 0) is 42.7 Å². The van der Waals surface area contributed by atoms with Crippen LogP contribution < -0.4 is 15.6 Å². The summed E-state index contributed by atoms with van der Waals surface area (Å²) in [5.41, 5.74) is 3.36. The fourth-order valence-corrected chi connectivity index (χ4v) is 5.19. The van der Waals surface area contributed by atoms with E-state index in [-0.39, 0.29) is 54.8 Å². The van der Waals surface area contributed by atoms with Gasteiger partial charge in [-0.1, -0.05) is 13.8 Å². The summed E-state index contributed by atoms with van der Waals surface area (Å²) in [6.07, 6.45) is -0.0275. The molecule has 0 aliphatic carbocycles. The molecule has 3 heterocycles. The Morgan fingerprint density at radius 1 is 1.09 bits per heavy atom. The lowest BCUT2D eigenvalue weighted by atomic mass is 9.98. The van der Waals surface area contributed by atoms with Crippen molar-refractivity contribution in [1.82, 2.24) is 14.9 Å². The molecule has 1 aliphatic heterocycles. The van der Waals surface area contributed by atoms with Gasteiger partial charge in [0.05, 0.1) is 42.0 Å². The molecule has 2 N–H and O–H groups in total. The van der Waals surface area contributed by atoms with E-state index in [0.717, 1.165) is 11.1 Å². The minimum atomic E-state index is -1.28. The van der Waals surface area contributed by atoms with E-state index in [1.165, 1.54) is 7.11 Å². The number of carboxylic acid groups (broad SMARTS) is 1. The number of carbonyl (C=O) groups is 5. The number of fused-ring (bicyclic) bond motifs is 4. The van der Waals surface area contributed by atoms with Crippen LogP contribution in [0.15, 0.2) is 29.1 Å². The smallest absolute Gasteiger partial charge is 0.322 e. The van der Waals surface area contributed by atoms with Gasteiger partial charge >= 0.3 is 17.9 Å². The standard InChI is InChI=1S/C31H33N3O10/c1-4-6-28(39)44-25(15-35)20-12-24-30-21(14-34(24)31(41)22(20)16-42-3)18(5-2)19-11-17(7-8-23(19)33-30)43-29(40)10-9-26(36)32-13-27(37)38/h7-8,11-12,15,25H,4-6,9-10,13-14,16H2,1-3H3,(H,32,36)(H,37,38). The van der Waals surface area contributed by atoms with Gasteiger partial charge in [-0.25, -0.2) is 4.98 Å². The Labute approximate surface area is 252 Å². The van der Waals surface area contributed by atoms with Crippen molar-refractivity contribution in [2.45, 2.75) is 65.2 Å². The largest absolute Gasteiger partial charge is 0.480 e. The summed E-state index contributed by atoms with van der Waals surface area (Å²) >= 11 is 0. The number of pyridine rings is 2. The lowest BCUT2D eigenvalue weighted by Crippen LogP contribution is -2.29. The number of aliphatic carboxylic acids is 1. The molecule has 232 valence electrons. The van der Waals surface area contributed by atoms with Crippen LogP contribution in [-0.4, -0.2) is 58.4 Å². The number of benzene rings is 1. The van der Waals surface area contributed by atoms with E-state index >= 15 is 0 Å². The lowest BCUT2D eigenvalue weighted by molar-refractivity contribution is -0.152. The van der Waals surface area contributed by atoms with Crippen molar-refractivity contribution in [3.63, 3.8) is 0 Å². The summed E-state index contributed by atoms with van der Waals surface area (Å²) in [4.78, 5) is 77.5. The van der Waals surface area contributed by atoms with E-state index in [4.69, 9.17) is 24.3 Å². The molecule has 3 aromatic rings. The van der Waals surface area contributed by atoms with Gasteiger partial charge in [-0.3, -0.25) is 28.8 Å². The predicted molar refractivity (Wildman–Crippen MR) is 156 cm³/mol. The molecule has 0 saturated carbocycles. The van der Waals surface area contributed by atoms with Crippen molar-refractivity contribution in [3.05, 3.63) is 56.9 Å². The molecule has 1 atom stereocenters. The number of aldehydes is 1. The number of rotatable bonds is 14. The number of esters is 2. The molecule has 2 aromatic heterocycles. The fourth-order valence-electron chi connectivity index (χ4n) is 5.19. The molecule has 0 spiro atoms. The van der Waals surface area contributed by atoms with Gasteiger partial charge in [0.1, 0.15) is 12.3 Å². The minimum absolute atomic E-state index is 0.0908. The van der Waals surface area contributed by atoms with E-state index in [9.17, 15) is 28.8 Å². The maximum absolute atomic E-state index is 13.7. The second-order valence-corrected chi connectivity index (χ2v) is 10.2. The number of hydrogen-bond donors (Lipinski definition) is 2. The molecule has 13 nitrogen and oxygen atoms in total. The molecule has 1 unspecified atom stereocenters. The summed E-state index contributed by atoms with van der Waals surface area (Å²) in [6.45, 7) is 3.35. The monoisotopic (exact) mass is 607 g/mol. The highest BCUT2D eigenvalue weighted by molar-refractivity contribution is 5.90. The maximum atomic E-state index is 13.7. The van der Waals surface area contributed by atoms with Gasteiger partial charge in [-0.15, -0.1) is 0 Å². The molecule has 4 rings (SSSR count). The van der Waals surface area contributed by atoms with Crippen molar-refractivity contribution in [3.8, 4) is 17.1 Å². The van der Waals surface area contributed by atoms with Gasteiger partial charge in [-0.2, -0.15) is 0 Å². The van der Waals surface area contributed by atoms with Crippen molar-refractivity contribution in [2.75, 3.05) is 13.7 Å². The lowest BCUT2D eigenvalue weighted by Gasteiger charge is -2.18. The van der Waals surface area contributed by atoms with Crippen LogP contribution >= 0.6 is 0 Å². The van der Waals surface area contributed by atoms with Gasteiger partial charge in [0.25, 0.3) is 5.56 Å². The van der Waals surface area contributed by atoms with Gasteiger partial charge in [0, 0.05) is 36.5 Å². The molecular weight excluding hydrogens is 574 g/mol. The SMILES string of the molecule is CCCC(=O)OC(C=O)c1cc2n(c(=O)c1COC)Cc1c-2nc2ccc(OC(=O)CCC(=O)NCC(=O)O)cc2c1CC. The Morgan fingerprint density at radius 3 is 2.52 bits per heavy atom. The predicted octanol–water partition coefficient (Wildman–Crippen LogP) is 2.60. The van der Waals surface area contributed by atoms with Crippen LogP contribution in [-0.2, 0) is 53.0 Å². The summed E-state index contributed by atoms with van der Waals surface area (Å²) in [5, 5.41) is 11.6. The van der Waals surface area contributed by atoms with Crippen LogP contribution in [0.4, 0.5) is 0 Å². The van der Waals surface area contributed by atoms with E-state index in [2.05, 4.69) is 5.32 Å². The summed E-state index contributed by atoms with van der Waals surface area (Å²) in [7, 11) is 1.43. The molecule has 0 fully saturated rings. The molecule has 0 saturated heterocycles. The highest BCUT2D eigenvalue weighted by Crippen LogP contribution is 2.38. The van der Waals surface area contributed by atoms with Crippen molar-refractivity contribution in [2.24, 2.45) is 0 Å². The quantitative estimate of drug-likeness (QED) is 0.122. The summed E-state index contributed by atoms with van der Waals surface area (Å²) < 4.78 is 17.7. The first-order chi connectivity index (χ1) is 21.1. The van der Waals surface area contributed by atoms with Gasteiger partial charge in [0.15, 0.2) is 12.4 Å².